The molecule has 1 heterocycles. The van der Waals surface area contributed by atoms with E-state index in [1.54, 1.807) is 30.3 Å². The van der Waals surface area contributed by atoms with E-state index in [1.165, 1.54) is 0 Å². The molecule has 1 saturated carbocycles. The number of hydrogen-bond donors (Lipinski definition) is 3. The minimum absolute atomic E-state index is 0.0604. The number of nitrogens with zero attached hydrogens (tertiary/aromatic N) is 1. The van der Waals surface area contributed by atoms with Crippen LogP contribution in [0.3, 0.4) is 0 Å². The van der Waals surface area contributed by atoms with Gasteiger partial charge in [0.25, 0.3) is 11.8 Å². The lowest BCUT2D eigenvalue weighted by molar-refractivity contribution is -0.122. The Bertz CT molecular complexity index is 1090. The van der Waals surface area contributed by atoms with E-state index in [9.17, 15) is 14.4 Å². The number of hydrogen-bond acceptors (Lipinski definition) is 4. The Kier molecular flexibility index (Phi) is 5.70. The van der Waals surface area contributed by atoms with Gasteiger partial charge < -0.3 is 16.0 Å². The van der Waals surface area contributed by atoms with Crippen LogP contribution < -0.4 is 16.0 Å². The van der Waals surface area contributed by atoms with Crippen LogP contribution in [0.1, 0.15) is 33.7 Å². The van der Waals surface area contributed by atoms with Gasteiger partial charge in [-0.3, -0.25) is 14.4 Å². The second kappa shape index (κ2) is 8.73. The van der Waals surface area contributed by atoms with Crippen LogP contribution >= 0.6 is 0 Å². The molecular formula is C23H22N4O3. The molecule has 0 radical (unpaired) electrons. The van der Waals surface area contributed by atoms with E-state index in [2.05, 4.69) is 20.9 Å². The molecule has 3 N–H and O–H groups in total. The zero-order valence-electron chi connectivity index (χ0n) is 16.4. The summed E-state index contributed by atoms with van der Waals surface area (Å²) in [6, 6.07) is 17.8. The maximum Gasteiger partial charge on any atom is 0.274 e. The van der Waals surface area contributed by atoms with Gasteiger partial charge in [-0.05, 0) is 49.2 Å². The summed E-state index contributed by atoms with van der Waals surface area (Å²) in [5.41, 5.74) is 2.13. The summed E-state index contributed by atoms with van der Waals surface area (Å²) in [6.07, 6.45) is 1.91. The van der Waals surface area contributed by atoms with Crippen LogP contribution in [-0.4, -0.2) is 35.8 Å². The van der Waals surface area contributed by atoms with Crippen molar-refractivity contribution in [1.82, 2.24) is 15.6 Å². The first-order chi connectivity index (χ1) is 14.6. The first kappa shape index (κ1) is 19.6. The summed E-state index contributed by atoms with van der Waals surface area (Å²) in [6.45, 7) is 0.775. The first-order valence-corrected chi connectivity index (χ1v) is 9.93. The van der Waals surface area contributed by atoms with Crippen LogP contribution in [0.15, 0.2) is 60.7 Å². The van der Waals surface area contributed by atoms with Crippen molar-refractivity contribution in [2.75, 3.05) is 18.4 Å². The Morgan fingerprint density at radius 1 is 0.833 bits per heavy atom. The molecule has 1 aliphatic carbocycles. The lowest BCUT2D eigenvalue weighted by Gasteiger charge is -2.08. The van der Waals surface area contributed by atoms with Crippen molar-refractivity contribution in [3.63, 3.8) is 0 Å². The van der Waals surface area contributed by atoms with Gasteiger partial charge in [-0.2, -0.15) is 0 Å². The number of para-hydroxylation sites is 1. The molecule has 0 unspecified atom stereocenters. The van der Waals surface area contributed by atoms with E-state index >= 15 is 0 Å². The molecule has 30 heavy (non-hydrogen) atoms. The van der Waals surface area contributed by atoms with Crippen LogP contribution in [0, 0.1) is 5.92 Å². The lowest BCUT2D eigenvalue weighted by Crippen LogP contribution is -2.35. The number of aromatic nitrogens is 1. The minimum Gasteiger partial charge on any atom is -0.354 e. The SMILES string of the molecule is O=C(NCCNC(=O)C1CC1)c1ccc(NC(=O)c2ccc3ccccc3n2)cc1. The number of pyridine rings is 1. The molecule has 7 nitrogen and oxygen atoms in total. The highest BCUT2D eigenvalue weighted by Gasteiger charge is 2.29. The summed E-state index contributed by atoms with van der Waals surface area (Å²) in [4.78, 5) is 40.6. The fourth-order valence-corrected chi connectivity index (χ4v) is 3.05. The van der Waals surface area contributed by atoms with Crippen molar-refractivity contribution < 1.29 is 14.4 Å². The van der Waals surface area contributed by atoms with Gasteiger partial charge in [-0.1, -0.05) is 24.3 Å². The van der Waals surface area contributed by atoms with Gasteiger partial charge in [0.1, 0.15) is 5.69 Å². The highest BCUT2D eigenvalue weighted by atomic mass is 16.2. The number of anilines is 1. The number of nitrogens with one attached hydrogen (secondary N) is 3. The molecule has 7 heteroatoms. The average Bonchev–Trinajstić information content (AvgIpc) is 3.62. The highest BCUT2D eigenvalue weighted by molar-refractivity contribution is 6.04. The van der Waals surface area contributed by atoms with E-state index in [0.717, 1.165) is 23.7 Å². The molecule has 1 fully saturated rings. The normalized spacial score (nSPS) is 12.9. The Labute approximate surface area is 173 Å². The summed E-state index contributed by atoms with van der Waals surface area (Å²) in [7, 11) is 0. The molecule has 3 amide bonds. The summed E-state index contributed by atoms with van der Waals surface area (Å²) in [5.74, 6) is -0.326. The number of carbonyl (C=O) groups is 3. The van der Waals surface area contributed by atoms with E-state index in [4.69, 9.17) is 0 Å². The standard InChI is InChI=1S/C23H22N4O3/c28-21(16-5-6-16)24-13-14-25-22(29)17-7-10-18(11-8-17)26-23(30)20-12-9-15-3-1-2-4-19(15)27-20/h1-4,7-12,16H,5-6,13-14H2,(H,24,28)(H,25,29)(H,26,30). The van der Waals surface area contributed by atoms with Gasteiger partial charge in [0.15, 0.2) is 0 Å². The zero-order valence-corrected chi connectivity index (χ0v) is 16.4. The van der Waals surface area contributed by atoms with E-state index in [1.807, 2.05) is 30.3 Å². The Hall–Kier alpha value is -3.74. The van der Waals surface area contributed by atoms with Gasteiger partial charge in [-0.25, -0.2) is 4.98 Å². The van der Waals surface area contributed by atoms with Crippen molar-refractivity contribution in [3.8, 4) is 0 Å². The maximum absolute atomic E-state index is 12.5. The number of rotatable bonds is 7. The highest BCUT2D eigenvalue weighted by Crippen LogP contribution is 2.28. The minimum atomic E-state index is -0.315. The molecular weight excluding hydrogens is 380 g/mol. The second-order valence-electron chi connectivity index (χ2n) is 7.24. The Morgan fingerprint density at radius 2 is 1.57 bits per heavy atom. The molecule has 0 spiro atoms. The second-order valence-corrected chi connectivity index (χ2v) is 7.24. The Morgan fingerprint density at radius 3 is 2.33 bits per heavy atom. The van der Waals surface area contributed by atoms with Crippen LogP contribution in [0.25, 0.3) is 10.9 Å². The molecule has 0 aliphatic heterocycles. The molecule has 152 valence electrons. The van der Waals surface area contributed by atoms with Gasteiger partial charge >= 0.3 is 0 Å². The van der Waals surface area contributed by atoms with Crippen LogP contribution in [0.4, 0.5) is 5.69 Å². The molecule has 0 saturated heterocycles. The summed E-state index contributed by atoms with van der Waals surface area (Å²) in [5, 5.41) is 9.33. The number of fused-ring (bicyclic) bond motifs is 1. The molecule has 1 aliphatic rings. The quantitative estimate of drug-likeness (QED) is 0.529. The third-order valence-corrected chi connectivity index (χ3v) is 4.89. The molecule has 0 atom stereocenters. The zero-order chi connectivity index (χ0) is 20.9. The third kappa shape index (κ3) is 4.81. The van der Waals surface area contributed by atoms with E-state index < -0.39 is 0 Å². The molecule has 0 bridgehead atoms. The predicted molar refractivity (Wildman–Crippen MR) is 114 cm³/mol. The third-order valence-electron chi connectivity index (χ3n) is 4.89. The molecule has 2 aromatic carbocycles. The molecule has 3 aromatic rings. The van der Waals surface area contributed by atoms with Gasteiger partial charge in [0.2, 0.25) is 5.91 Å². The van der Waals surface area contributed by atoms with Gasteiger partial charge in [0.05, 0.1) is 5.52 Å². The van der Waals surface area contributed by atoms with Gasteiger partial charge in [0, 0.05) is 35.6 Å². The fourth-order valence-electron chi connectivity index (χ4n) is 3.05. The monoisotopic (exact) mass is 402 g/mol. The van der Waals surface area contributed by atoms with Crippen molar-refractivity contribution in [2.45, 2.75) is 12.8 Å². The van der Waals surface area contributed by atoms with Crippen molar-refractivity contribution in [3.05, 3.63) is 71.9 Å². The van der Waals surface area contributed by atoms with Crippen LogP contribution in [0.5, 0.6) is 0 Å². The largest absolute Gasteiger partial charge is 0.354 e. The van der Waals surface area contributed by atoms with Crippen molar-refractivity contribution in [2.24, 2.45) is 5.92 Å². The number of amides is 3. The van der Waals surface area contributed by atoms with Crippen molar-refractivity contribution >= 4 is 34.3 Å². The smallest absolute Gasteiger partial charge is 0.274 e. The topological polar surface area (TPSA) is 100 Å². The molecule has 1 aromatic heterocycles. The summed E-state index contributed by atoms with van der Waals surface area (Å²) >= 11 is 0. The molecule has 4 rings (SSSR count). The van der Waals surface area contributed by atoms with Crippen LogP contribution in [-0.2, 0) is 4.79 Å². The van der Waals surface area contributed by atoms with E-state index in [-0.39, 0.29) is 23.6 Å². The van der Waals surface area contributed by atoms with Crippen LogP contribution in [0.2, 0.25) is 0 Å². The van der Waals surface area contributed by atoms with Crippen molar-refractivity contribution in [1.29, 1.82) is 0 Å². The Balaban J connectivity index is 1.29. The lowest BCUT2D eigenvalue weighted by atomic mass is 10.2. The number of carbonyl (C=O) groups excluding carboxylic acids is 3. The maximum atomic E-state index is 12.5. The number of benzene rings is 2. The van der Waals surface area contributed by atoms with E-state index in [0.29, 0.717) is 30.0 Å². The first-order valence-electron chi connectivity index (χ1n) is 9.93. The predicted octanol–water partition coefficient (Wildman–Crippen LogP) is 2.74. The van der Waals surface area contributed by atoms with Gasteiger partial charge in [-0.15, -0.1) is 0 Å². The summed E-state index contributed by atoms with van der Waals surface area (Å²) < 4.78 is 0. The average molecular weight is 402 g/mol. The fraction of sp³-hybridized carbons (Fsp3) is 0.217.